The average Bonchev–Trinajstić information content (AvgIpc) is 3.22. The first-order valence-electron chi connectivity index (χ1n) is 11.5. The second kappa shape index (κ2) is 11.0. The van der Waals surface area contributed by atoms with Crippen molar-refractivity contribution in [3.05, 3.63) is 107 Å². The van der Waals surface area contributed by atoms with Gasteiger partial charge < -0.3 is 14.6 Å². The van der Waals surface area contributed by atoms with E-state index in [2.05, 4.69) is 5.32 Å². The molecule has 0 unspecified atom stereocenters. The molecule has 0 bridgehead atoms. The van der Waals surface area contributed by atoms with Crippen LogP contribution < -0.4 is 5.32 Å². The maximum atomic E-state index is 13.5. The SMILES string of the molecule is COCCNC(=O)C[C@@H](c1cccc(C(F)(F)F)c1)c1cn(Cc2ccc(F)cc2)c2ccccc12. The summed E-state index contributed by atoms with van der Waals surface area (Å²) in [5, 5.41) is 3.61. The van der Waals surface area contributed by atoms with Gasteiger partial charge in [-0.25, -0.2) is 4.39 Å². The normalized spacial score (nSPS) is 12.6. The van der Waals surface area contributed by atoms with Gasteiger partial charge in [0.2, 0.25) is 5.91 Å². The number of benzene rings is 3. The zero-order valence-electron chi connectivity index (χ0n) is 19.7. The lowest BCUT2D eigenvalue weighted by atomic mass is 9.87. The Hall–Kier alpha value is -3.65. The monoisotopic (exact) mass is 498 g/mol. The van der Waals surface area contributed by atoms with Gasteiger partial charge in [-0.15, -0.1) is 0 Å². The van der Waals surface area contributed by atoms with Crippen LogP contribution >= 0.6 is 0 Å². The van der Waals surface area contributed by atoms with Crippen LogP contribution in [0.2, 0.25) is 0 Å². The van der Waals surface area contributed by atoms with Gasteiger partial charge in [-0.2, -0.15) is 13.2 Å². The topological polar surface area (TPSA) is 43.3 Å². The van der Waals surface area contributed by atoms with Gasteiger partial charge in [-0.1, -0.05) is 48.5 Å². The quantitative estimate of drug-likeness (QED) is 0.223. The fourth-order valence-corrected chi connectivity index (χ4v) is 4.36. The third-order valence-electron chi connectivity index (χ3n) is 6.10. The Labute approximate surface area is 206 Å². The average molecular weight is 499 g/mol. The third-order valence-corrected chi connectivity index (χ3v) is 6.10. The Morgan fingerprint density at radius 2 is 1.78 bits per heavy atom. The molecule has 0 spiro atoms. The molecule has 0 aliphatic rings. The Balaban J connectivity index is 1.78. The summed E-state index contributed by atoms with van der Waals surface area (Å²) in [5.41, 5.74) is 2.12. The lowest BCUT2D eigenvalue weighted by Crippen LogP contribution is -2.28. The van der Waals surface area contributed by atoms with Crippen LogP contribution in [0.3, 0.4) is 0 Å². The number of ether oxygens (including phenoxy) is 1. The van der Waals surface area contributed by atoms with Crippen molar-refractivity contribution >= 4 is 16.8 Å². The number of carbonyl (C=O) groups excluding carboxylic acids is 1. The third kappa shape index (κ3) is 5.94. The molecule has 8 heteroatoms. The summed E-state index contributed by atoms with van der Waals surface area (Å²) >= 11 is 0. The number of nitrogens with zero attached hydrogens (tertiary/aromatic N) is 1. The lowest BCUT2D eigenvalue weighted by molar-refractivity contribution is -0.137. The second-order valence-corrected chi connectivity index (χ2v) is 8.58. The minimum atomic E-state index is -4.50. The van der Waals surface area contributed by atoms with Crippen LogP contribution in [0.4, 0.5) is 17.6 Å². The van der Waals surface area contributed by atoms with Crippen molar-refractivity contribution in [3.8, 4) is 0 Å². The molecular formula is C28H26F4N2O2. The van der Waals surface area contributed by atoms with Crippen molar-refractivity contribution < 1.29 is 27.1 Å². The van der Waals surface area contributed by atoms with Gasteiger partial charge in [0.1, 0.15) is 5.82 Å². The van der Waals surface area contributed by atoms with Crippen molar-refractivity contribution in [2.45, 2.75) is 25.1 Å². The molecule has 0 saturated carbocycles. The molecule has 36 heavy (non-hydrogen) atoms. The number of aromatic nitrogens is 1. The summed E-state index contributed by atoms with van der Waals surface area (Å²) < 4.78 is 60.9. The maximum Gasteiger partial charge on any atom is 0.416 e. The van der Waals surface area contributed by atoms with Crippen molar-refractivity contribution in [2.75, 3.05) is 20.3 Å². The Morgan fingerprint density at radius 1 is 1.03 bits per heavy atom. The van der Waals surface area contributed by atoms with Crippen molar-refractivity contribution in [3.63, 3.8) is 0 Å². The van der Waals surface area contributed by atoms with E-state index < -0.39 is 17.7 Å². The van der Waals surface area contributed by atoms with Crippen LogP contribution in [0.5, 0.6) is 0 Å². The van der Waals surface area contributed by atoms with E-state index in [1.54, 1.807) is 18.2 Å². The number of hydrogen-bond acceptors (Lipinski definition) is 2. The van der Waals surface area contributed by atoms with Crippen LogP contribution in [0.15, 0.2) is 79.0 Å². The van der Waals surface area contributed by atoms with E-state index in [9.17, 15) is 22.4 Å². The minimum absolute atomic E-state index is 0.0322. The number of nitrogens with one attached hydrogen (secondary N) is 1. The Bertz CT molecular complexity index is 1330. The number of para-hydroxylation sites is 1. The molecule has 1 amide bonds. The summed E-state index contributed by atoms with van der Waals surface area (Å²) in [6.45, 7) is 1.07. The number of rotatable bonds is 9. The number of fused-ring (bicyclic) bond motifs is 1. The van der Waals surface area contributed by atoms with Crippen molar-refractivity contribution in [2.24, 2.45) is 0 Å². The Kier molecular flexibility index (Phi) is 7.74. The highest BCUT2D eigenvalue weighted by molar-refractivity contribution is 5.86. The van der Waals surface area contributed by atoms with Crippen molar-refractivity contribution in [1.29, 1.82) is 0 Å². The summed E-state index contributed by atoms with van der Waals surface area (Å²) in [6.07, 6.45) is -2.66. The van der Waals surface area contributed by atoms with E-state index in [-0.39, 0.29) is 18.1 Å². The zero-order valence-corrected chi connectivity index (χ0v) is 19.7. The molecule has 1 N–H and O–H groups in total. The molecule has 0 fully saturated rings. The molecule has 3 aromatic carbocycles. The molecule has 1 heterocycles. The number of carbonyl (C=O) groups is 1. The van der Waals surface area contributed by atoms with E-state index in [1.807, 2.05) is 35.0 Å². The highest BCUT2D eigenvalue weighted by Gasteiger charge is 2.32. The largest absolute Gasteiger partial charge is 0.416 e. The number of halogens is 4. The predicted molar refractivity (Wildman–Crippen MR) is 130 cm³/mol. The molecule has 0 aliphatic carbocycles. The summed E-state index contributed by atoms with van der Waals surface area (Å²) in [5.74, 6) is -1.24. The zero-order chi connectivity index (χ0) is 25.7. The summed E-state index contributed by atoms with van der Waals surface area (Å²) in [4.78, 5) is 12.8. The van der Waals surface area contributed by atoms with Gasteiger partial charge in [-0.05, 0) is 41.0 Å². The molecule has 1 atom stereocenters. The van der Waals surface area contributed by atoms with Crippen LogP contribution in [-0.2, 0) is 22.3 Å². The standard InChI is InChI=1S/C28H26F4N2O2/c1-36-14-13-33-27(35)16-24(20-5-4-6-21(15-20)28(30,31)32)25-18-34(26-8-3-2-7-23(25)26)17-19-9-11-22(29)12-10-19/h2-12,15,18,24H,13-14,16-17H2,1H3,(H,33,35)/t24-/m0/s1. The molecule has 4 nitrogen and oxygen atoms in total. The Morgan fingerprint density at radius 3 is 2.50 bits per heavy atom. The molecule has 4 aromatic rings. The first-order valence-corrected chi connectivity index (χ1v) is 11.5. The predicted octanol–water partition coefficient (Wildman–Crippen LogP) is 6.13. The van der Waals surface area contributed by atoms with E-state index in [0.717, 1.165) is 34.2 Å². The molecule has 0 aliphatic heterocycles. The number of amides is 1. The first kappa shape index (κ1) is 25.4. The van der Waals surface area contributed by atoms with Crippen LogP contribution in [0.25, 0.3) is 10.9 Å². The van der Waals surface area contributed by atoms with Crippen molar-refractivity contribution in [1.82, 2.24) is 9.88 Å². The first-order chi connectivity index (χ1) is 17.3. The van der Waals surface area contributed by atoms with E-state index in [0.29, 0.717) is 25.3 Å². The molecule has 1 aromatic heterocycles. The fourth-order valence-electron chi connectivity index (χ4n) is 4.36. The van der Waals surface area contributed by atoms with Gasteiger partial charge in [0, 0.05) is 49.6 Å². The van der Waals surface area contributed by atoms with Gasteiger partial charge >= 0.3 is 6.18 Å². The highest BCUT2D eigenvalue weighted by Crippen LogP contribution is 2.38. The van der Waals surface area contributed by atoms with Crippen LogP contribution in [0, 0.1) is 5.82 Å². The van der Waals surface area contributed by atoms with Gasteiger partial charge in [-0.3, -0.25) is 4.79 Å². The smallest absolute Gasteiger partial charge is 0.383 e. The van der Waals surface area contributed by atoms with Crippen LogP contribution in [-0.4, -0.2) is 30.7 Å². The van der Waals surface area contributed by atoms with E-state index in [4.69, 9.17) is 4.74 Å². The molecule has 0 radical (unpaired) electrons. The molecule has 4 rings (SSSR count). The van der Waals surface area contributed by atoms with Gasteiger partial charge in [0.25, 0.3) is 0 Å². The van der Waals surface area contributed by atoms with Gasteiger partial charge in [0.05, 0.1) is 12.2 Å². The van der Waals surface area contributed by atoms with Crippen LogP contribution in [0.1, 0.15) is 34.6 Å². The van der Waals surface area contributed by atoms with E-state index in [1.165, 1.54) is 25.3 Å². The lowest BCUT2D eigenvalue weighted by Gasteiger charge is -2.19. The van der Waals surface area contributed by atoms with Gasteiger partial charge in [0.15, 0.2) is 0 Å². The summed E-state index contributed by atoms with van der Waals surface area (Å²) in [7, 11) is 1.52. The second-order valence-electron chi connectivity index (χ2n) is 8.58. The highest BCUT2D eigenvalue weighted by atomic mass is 19.4. The van der Waals surface area contributed by atoms with E-state index >= 15 is 0 Å². The number of alkyl halides is 3. The number of methoxy groups -OCH3 is 1. The minimum Gasteiger partial charge on any atom is -0.383 e. The fraction of sp³-hybridized carbons (Fsp3) is 0.250. The maximum absolute atomic E-state index is 13.5. The molecular weight excluding hydrogens is 472 g/mol. The molecule has 188 valence electrons. The number of hydrogen-bond donors (Lipinski definition) is 1. The summed E-state index contributed by atoms with van der Waals surface area (Å²) in [6, 6.07) is 18.8. The molecule has 0 saturated heterocycles.